The normalized spacial score (nSPS) is 24.0. The van der Waals surface area contributed by atoms with Gasteiger partial charge in [0.1, 0.15) is 11.2 Å². The van der Waals surface area contributed by atoms with Crippen molar-refractivity contribution < 1.29 is 9.59 Å². The molecule has 1 unspecified atom stereocenters. The number of hydrogen-bond acceptors (Lipinski definition) is 4. The van der Waals surface area contributed by atoms with Gasteiger partial charge in [0.25, 0.3) is 0 Å². The number of anilines is 1. The molecule has 1 aromatic rings. The molecule has 0 radical (unpaired) electrons. The largest absolute Gasteiger partial charge is 0.355 e. The second-order valence-electron chi connectivity index (χ2n) is 5.97. The third-order valence-electron chi connectivity index (χ3n) is 4.81. The highest BCUT2D eigenvalue weighted by molar-refractivity contribution is 7.71. The highest BCUT2D eigenvalue weighted by atomic mass is 32.1. The van der Waals surface area contributed by atoms with Crippen LogP contribution < -0.4 is 10.2 Å². The van der Waals surface area contributed by atoms with Crippen LogP contribution in [0.15, 0.2) is 6.20 Å². The summed E-state index contributed by atoms with van der Waals surface area (Å²) in [5, 5.41) is 2.81. The van der Waals surface area contributed by atoms with Gasteiger partial charge in [0, 0.05) is 30.8 Å². The van der Waals surface area contributed by atoms with E-state index in [9.17, 15) is 9.59 Å². The SMILES string of the molecule is CCC(CC)N1C(=O)C2(CCNC2=O)Cc2cnc(=S)[nH]c21. The van der Waals surface area contributed by atoms with E-state index >= 15 is 0 Å². The lowest BCUT2D eigenvalue weighted by molar-refractivity contribution is -0.140. The number of carbonyl (C=O) groups is 2. The van der Waals surface area contributed by atoms with Crippen molar-refractivity contribution >= 4 is 29.9 Å². The van der Waals surface area contributed by atoms with Gasteiger partial charge in [-0.3, -0.25) is 14.5 Å². The van der Waals surface area contributed by atoms with Crippen molar-refractivity contribution in [3.8, 4) is 0 Å². The Hall–Kier alpha value is -1.76. The third kappa shape index (κ3) is 2.06. The van der Waals surface area contributed by atoms with Crippen LogP contribution in [0, 0.1) is 10.2 Å². The van der Waals surface area contributed by atoms with Gasteiger partial charge < -0.3 is 10.3 Å². The second kappa shape index (κ2) is 5.46. The lowest BCUT2D eigenvalue weighted by atomic mass is 9.76. The summed E-state index contributed by atoms with van der Waals surface area (Å²) in [4.78, 5) is 34.5. The predicted molar refractivity (Wildman–Crippen MR) is 85.0 cm³/mol. The monoisotopic (exact) mass is 320 g/mol. The van der Waals surface area contributed by atoms with Gasteiger partial charge in [0.05, 0.1) is 0 Å². The van der Waals surface area contributed by atoms with Crippen LogP contribution in [0.3, 0.4) is 0 Å². The summed E-state index contributed by atoms with van der Waals surface area (Å²) in [5.74, 6) is 0.436. The van der Waals surface area contributed by atoms with Gasteiger partial charge in [-0.1, -0.05) is 13.8 Å². The molecule has 3 rings (SSSR count). The van der Waals surface area contributed by atoms with Crippen molar-refractivity contribution in [3.05, 3.63) is 16.5 Å². The van der Waals surface area contributed by atoms with Gasteiger partial charge in [-0.05, 0) is 31.5 Å². The summed E-state index contributed by atoms with van der Waals surface area (Å²) in [6.45, 7) is 4.65. The number of aromatic amines is 1. The molecule has 0 aliphatic carbocycles. The number of aromatic nitrogens is 2. The Bertz CT molecular complexity index is 682. The fraction of sp³-hybridized carbons (Fsp3) is 0.600. The van der Waals surface area contributed by atoms with E-state index in [1.807, 2.05) is 13.8 Å². The molecule has 2 aliphatic rings. The van der Waals surface area contributed by atoms with Crippen LogP contribution >= 0.6 is 12.2 Å². The number of amides is 2. The zero-order chi connectivity index (χ0) is 15.9. The molecule has 0 aromatic carbocycles. The molecular formula is C15H20N4O2S. The lowest BCUT2D eigenvalue weighted by Gasteiger charge is -2.41. The molecule has 2 N–H and O–H groups in total. The topological polar surface area (TPSA) is 78.1 Å². The molecule has 7 heteroatoms. The molecule has 0 saturated carbocycles. The van der Waals surface area contributed by atoms with Crippen LogP contribution in [0.5, 0.6) is 0 Å². The van der Waals surface area contributed by atoms with Gasteiger partial charge in [-0.2, -0.15) is 0 Å². The highest BCUT2D eigenvalue weighted by Crippen LogP contribution is 2.42. The summed E-state index contributed by atoms with van der Waals surface area (Å²) >= 11 is 5.11. The summed E-state index contributed by atoms with van der Waals surface area (Å²) in [6, 6.07) is 0.0462. The van der Waals surface area contributed by atoms with Crippen molar-refractivity contribution in [1.29, 1.82) is 0 Å². The maximum absolute atomic E-state index is 13.2. The standard InChI is InChI=1S/C15H20N4O2S/c1-3-10(4-2)19-11-9(8-17-14(22)18-11)7-15(13(19)21)5-6-16-12(15)20/h8,10H,3-7H2,1-2H3,(H,16,20)(H,17,18,22). The Labute approximate surface area is 134 Å². The van der Waals surface area contributed by atoms with Crippen LogP contribution in [0.2, 0.25) is 0 Å². The van der Waals surface area contributed by atoms with Gasteiger partial charge >= 0.3 is 0 Å². The van der Waals surface area contributed by atoms with Gasteiger partial charge in [0.15, 0.2) is 4.77 Å². The van der Waals surface area contributed by atoms with Gasteiger partial charge in [-0.25, -0.2) is 4.98 Å². The maximum atomic E-state index is 13.2. The maximum Gasteiger partial charge on any atom is 0.244 e. The molecule has 0 bridgehead atoms. The van der Waals surface area contributed by atoms with Crippen LogP contribution in [-0.4, -0.2) is 34.4 Å². The van der Waals surface area contributed by atoms with Crippen molar-refractivity contribution in [2.45, 2.75) is 45.6 Å². The third-order valence-corrected chi connectivity index (χ3v) is 5.02. The molecule has 6 nitrogen and oxygen atoms in total. The zero-order valence-corrected chi connectivity index (χ0v) is 13.6. The Morgan fingerprint density at radius 1 is 1.41 bits per heavy atom. The fourth-order valence-corrected chi connectivity index (χ4v) is 3.69. The van der Waals surface area contributed by atoms with Crippen molar-refractivity contribution in [3.63, 3.8) is 0 Å². The Kier molecular flexibility index (Phi) is 3.76. The Morgan fingerprint density at radius 2 is 2.14 bits per heavy atom. The van der Waals surface area contributed by atoms with Crippen LogP contribution in [0.25, 0.3) is 0 Å². The van der Waals surface area contributed by atoms with E-state index < -0.39 is 5.41 Å². The van der Waals surface area contributed by atoms with E-state index in [0.717, 1.165) is 18.4 Å². The predicted octanol–water partition coefficient (Wildman–Crippen LogP) is 1.72. The number of hydrogen-bond donors (Lipinski definition) is 2. The molecule has 2 amide bonds. The zero-order valence-electron chi connectivity index (χ0n) is 12.8. The van der Waals surface area contributed by atoms with Crippen LogP contribution in [-0.2, 0) is 16.0 Å². The summed E-state index contributed by atoms with van der Waals surface area (Å²) in [7, 11) is 0. The number of rotatable bonds is 3. The van der Waals surface area contributed by atoms with E-state index in [2.05, 4.69) is 15.3 Å². The first-order chi connectivity index (χ1) is 10.5. The van der Waals surface area contributed by atoms with Gasteiger partial charge in [0.2, 0.25) is 11.8 Å². The minimum absolute atomic E-state index is 0.0462. The molecule has 2 aliphatic heterocycles. The van der Waals surface area contributed by atoms with Crippen LogP contribution in [0.4, 0.5) is 5.82 Å². The molecule has 1 saturated heterocycles. The van der Waals surface area contributed by atoms with E-state index in [4.69, 9.17) is 12.2 Å². The Balaban J connectivity index is 2.18. The summed E-state index contributed by atoms with van der Waals surface area (Å²) in [5.41, 5.74) is -0.0918. The number of nitrogens with zero attached hydrogens (tertiary/aromatic N) is 2. The molecule has 1 atom stereocenters. The minimum atomic E-state index is -0.978. The highest BCUT2D eigenvalue weighted by Gasteiger charge is 2.55. The van der Waals surface area contributed by atoms with E-state index in [1.165, 1.54) is 0 Å². The molecule has 118 valence electrons. The molecular weight excluding hydrogens is 300 g/mol. The van der Waals surface area contributed by atoms with Gasteiger partial charge in [-0.15, -0.1) is 0 Å². The van der Waals surface area contributed by atoms with Crippen molar-refractivity contribution in [2.24, 2.45) is 5.41 Å². The smallest absolute Gasteiger partial charge is 0.244 e. The number of fused-ring (bicyclic) bond motifs is 1. The first kappa shape index (κ1) is 15.1. The second-order valence-corrected chi connectivity index (χ2v) is 6.36. The molecule has 1 fully saturated rings. The quantitative estimate of drug-likeness (QED) is 0.657. The minimum Gasteiger partial charge on any atom is -0.355 e. The number of H-pyrrole nitrogens is 1. The van der Waals surface area contributed by atoms with E-state index in [1.54, 1.807) is 11.1 Å². The molecule has 1 spiro atoms. The number of carbonyl (C=O) groups excluding carboxylic acids is 2. The first-order valence-corrected chi connectivity index (χ1v) is 8.14. The Morgan fingerprint density at radius 3 is 2.73 bits per heavy atom. The average molecular weight is 320 g/mol. The summed E-state index contributed by atoms with van der Waals surface area (Å²) in [6.07, 6.45) is 4.27. The van der Waals surface area contributed by atoms with Crippen LogP contribution in [0.1, 0.15) is 38.7 Å². The molecule has 22 heavy (non-hydrogen) atoms. The molecule has 1 aromatic heterocycles. The fourth-order valence-electron chi connectivity index (χ4n) is 3.54. The summed E-state index contributed by atoms with van der Waals surface area (Å²) < 4.78 is 0.356. The molecule has 3 heterocycles. The van der Waals surface area contributed by atoms with Crippen molar-refractivity contribution in [2.75, 3.05) is 11.4 Å². The average Bonchev–Trinajstić information content (AvgIpc) is 2.87. The van der Waals surface area contributed by atoms with Crippen molar-refractivity contribution in [1.82, 2.24) is 15.3 Å². The lowest BCUT2D eigenvalue weighted by Crippen LogP contribution is -2.56. The van der Waals surface area contributed by atoms with E-state index in [0.29, 0.717) is 30.0 Å². The van der Waals surface area contributed by atoms with E-state index in [-0.39, 0.29) is 17.9 Å². The first-order valence-electron chi connectivity index (χ1n) is 7.73. The number of nitrogens with one attached hydrogen (secondary N) is 2.